The molecule has 0 spiro atoms. The van der Waals surface area contributed by atoms with E-state index in [2.05, 4.69) is 31.1 Å². The molecule has 1 aromatic carbocycles. The van der Waals surface area contributed by atoms with Crippen LogP contribution < -0.4 is 10.5 Å². The van der Waals surface area contributed by atoms with Crippen LogP contribution >= 0.6 is 0 Å². The molecular weight excluding hydrogens is 238 g/mol. The maximum atomic E-state index is 5.71. The third-order valence-electron chi connectivity index (χ3n) is 3.32. The average molecular weight is 259 g/mol. The van der Waals surface area contributed by atoms with Gasteiger partial charge >= 0.3 is 0 Å². The fourth-order valence-electron chi connectivity index (χ4n) is 2.40. The summed E-state index contributed by atoms with van der Waals surface area (Å²) in [4.78, 5) is 0. The number of ether oxygens (including phenoxy) is 1. The van der Waals surface area contributed by atoms with E-state index in [1.165, 1.54) is 0 Å². The summed E-state index contributed by atoms with van der Waals surface area (Å²) in [6, 6.07) is 6.22. The quantitative estimate of drug-likeness (QED) is 0.918. The molecule has 0 saturated heterocycles. The average Bonchev–Trinajstić information content (AvgIpc) is 2.67. The zero-order valence-corrected chi connectivity index (χ0v) is 12.0. The first kappa shape index (κ1) is 13.6. The molecule has 1 aromatic heterocycles. The first-order chi connectivity index (χ1) is 9.08. The Bertz CT molecular complexity index is 587. The Hall–Kier alpha value is -1.81. The largest absolute Gasteiger partial charge is 0.494 e. The number of nitrogens with two attached hydrogens (primary N) is 1. The van der Waals surface area contributed by atoms with Crippen LogP contribution in [0.1, 0.15) is 23.7 Å². The SMILES string of the molecule is CCOc1ccc(-c2c(C)c(CN)nn2C)cc1C. The van der Waals surface area contributed by atoms with Gasteiger partial charge in [0.2, 0.25) is 0 Å². The molecule has 2 N–H and O–H groups in total. The minimum absolute atomic E-state index is 0.468. The number of nitrogens with zero attached hydrogens (tertiary/aromatic N) is 2. The van der Waals surface area contributed by atoms with Gasteiger partial charge in [0, 0.05) is 19.2 Å². The summed E-state index contributed by atoms with van der Waals surface area (Å²) in [6.07, 6.45) is 0. The van der Waals surface area contributed by atoms with Gasteiger partial charge in [-0.05, 0) is 50.1 Å². The van der Waals surface area contributed by atoms with Crippen LogP contribution in [0.2, 0.25) is 0 Å². The fourth-order valence-corrected chi connectivity index (χ4v) is 2.40. The molecule has 2 aromatic rings. The normalized spacial score (nSPS) is 10.8. The zero-order chi connectivity index (χ0) is 14.0. The molecular formula is C15H21N3O. The highest BCUT2D eigenvalue weighted by atomic mass is 16.5. The fraction of sp³-hybridized carbons (Fsp3) is 0.400. The van der Waals surface area contributed by atoms with Crippen molar-refractivity contribution in [2.45, 2.75) is 27.3 Å². The molecule has 0 aliphatic carbocycles. The van der Waals surface area contributed by atoms with Gasteiger partial charge in [0.25, 0.3) is 0 Å². The number of hydrogen-bond donors (Lipinski definition) is 1. The highest BCUT2D eigenvalue weighted by Gasteiger charge is 2.13. The van der Waals surface area contributed by atoms with Crippen LogP contribution in [0.3, 0.4) is 0 Å². The molecule has 0 radical (unpaired) electrons. The second-order valence-corrected chi connectivity index (χ2v) is 4.66. The molecule has 102 valence electrons. The van der Waals surface area contributed by atoms with E-state index in [0.717, 1.165) is 33.8 Å². The van der Waals surface area contributed by atoms with E-state index in [-0.39, 0.29) is 0 Å². The molecule has 2 rings (SSSR count). The first-order valence-electron chi connectivity index (χ1n) is 6.54. The van der Waals surface area contributed by atoms with Crippen LogP contribution in [0, 0.1) is 13.8 Å². The Labute approximate surface area is 114 Å². The van der Waals surface area contributed by atoms with Gasteiger partial charge < -0.3 is 10.5 Å². The monoisotopic (exact) mass is 259 g/mol. The lowest BCUT2D eigenvalue weighted by Gasteiger charge is -2.10. The van der Waals surface area contributed by atoms with E-state index in [1.807, 2.05) is 24.7 Å². The van der Waals surface area contributed by atoms with Gasteiger partial charge in [0.05, 0.1) is 18.0 Å². The summed E-state index contributed by atoms with van der Waals surface area (Å²) < 4.78 is 7.47. The molecule has 0 amide bonds. The molecule has 0 aliphatic heterocycles. The lowest BCUT2D eigenvalue weighted by molar-refractivity contribution is 0.338. The van der Waals surface area contributed by atoms with Gasteiger partial charge in [-0.2, -0.15) is 5.10 Å². The second kappa shape index (κ2) is 5.45. The van der Waals surface area contributed by atoms with E-state index < -0.39 is 0 Å². The van der Waals surface area contributed by atoms with Gasteiger partial charge in [-0.25, -0.2) is 0 Å². The van der Waals surface area contributed by atoms with Gasteiger partial charge in [0.1, 0.15) is 5.75 Å². The molecule has 0 bridgehead atoms. The molecule has 0 atom stereocenters. The van der Waals surface area contributed by atoms with Gasteiger partial charge in [0.15, 0.2) is 0 Å². The summed E-state index contributed by atoms with van der Waals surface area (Å²) in [5, 5.41) is 4.45. The van der Waals surface area contributed by atoms with Crippen molar-refractivity contribution in [3.05, 3.63) is 35.0 Å². The molecule has 4 heteroatoms. The third-order valence-corrected chi connectivity index (χ3v) is 3.32. The smallest absolute Gasteiger partial charge is 0.122 e. The summed E-state index contributed by atoms with van der Waals surface area (Å²) in [5.74, 6) is 0.935. The molecule has 0 saturated carbocycles. The van der Waals surface area contributed by atoms with Crippen molar-refractivity contribution in [2.75, 3.05) is 6.61 Å². The summed E-state index contributed by atoms with van der Waals surface area (Å²) in [6.45, 7) is 7.27. The van der Waals surface area contributed by atoms with Crippen LogP contribution in [0.15, 0.2) is 18.2 Å². The van der Waals surface area contributed by atoms with Gasteiger partial charge in [-0.3, -0.25) is 4.68 Å². The minimum atomic E-state index is 0.468. The number of rotatable bonds is 4. The topological polar surface area (TPSA) is 53.1 Å². The van der Waals surface area contributed by atoms with Crippen molar-refractivity contribution in [2.24, 2.45) is 12.8 Å². The minimum Gasteiger partial charge on any atom is -0.494 e. The Morgan fingerprint density at radius 3 is 2.58 bits per heavy atom. The Kier molecular flexibility index (Phi) is 3.90. The number of benzene rings is 1. The summed E-state index contributed by atoms with van der Waals surface area (Å²) >= 11 is 0. The van der Waals surface area contributed by atoms with Gasteiger partial charge in [-0.1, -0.05) is 0 Å². The predicted octanol–water partition coefficient (Wildman–Crippen LogP) is 2.56. The third kappa shape index (κ3) is 2.49. The van der Waals surface area contributed by atoms with Crippen LogP contribution in [0.5, 0.6) is 5.75 Å². The van der Waals surface area contributed by atoms with Crippen LogP contribution in [0.4, 0.5) is 0 Å². The van der Waals surface area contributed by atoms with E-state index in [4.69, 9.17) is 10.5 Å². The van der Waals surface area contributed by atoms with E-state index >= 15 is 0 Å². The molecule has 0 unspecified atom stereocenters. The maximum absolute atomic E-state index is 5.71. The number of aryl methyl sites for hydroxylation is 2. The predicted molar refractivity (Wildman–Crippen MR) is 77.2 cm³/mol. The van der Waals surface area contributed by atoms with Crippen molar-refractivity contribution in [3.8, 4) is 17.0 Å². The van der Waals surface area contributed by atoms with E-state index in [0.29, 0.717) is 13.2 Å². The molecule has 0 aliphatic rings. The zero-order valence-electron chi connectivity index (χ0n) is 12.0. The maximum Gasteiger partial charge on any atom is 0.122 e. The second-order valence-electron chi connectivity index (χ2n) is 4.66. The van der Waals surface area contributed by atoms with Gasteiger partial charge in [-0.15, -0.1) is 0 Å². The molecule has 1 heterocycles. The summed E-state index contributed by atoms with van der Waals surface area (Å²) in [7, 11) is 1.95. The number of aromatic nitrogens is 2. The van der Waals surface area contributed by atoms with Crippen molar-refractivity contribution in [3.63, 3.8) is 0 Å². The van der Waals surface area contributed by atoms with E-state index in [1.54, 1.807) is 0 Å². The first-order valence-corrected chi connectivity index (χ1v) is 6.54. The lowest BCUT2D eigenvalue weighted by Crippen LogP contribution is -1.99. The molecule has 19 heavy (non-hydrogen) atoms. The van der Waals surface area contributed by atoms with Crippen molar-refractivity contribution >= 4 is 0 Å². The Morgan fingerprint density at radius 2 is 2.05 bits per heavy atom. The summed E-state index contributed by atoms with van der Waals surface area (Å²) in [5.41, 5.74) is 11.2. The van der Waals surface area contributed by atoms with E-state index in [9.17, 15) is 0 Å². The van der Waals surface area contributed by atoms with Crippen LogP contribution in [-0.4, -0.2) is 16.4 Å². The highest BCUT2D eigenvalue weighted by molar-refractivity contribution is 5.66. The number of hydrogen-bond acceptors (Lipinski definition) is 3. The van der Waals surface area contributed by atoms with Crippen LogP contribution in [-0.2, 0) is 13.6 Å². The standard InChI is InChI=1S/C15H21N3O/c1-5-19-14-7-6-12(8-10(14)2)15-11(3)13(9-16)17-18(15)4/h6-8H,5,9,16H2,1-4H3. The molecule has 0 fully saturated rings. The lowest BCUT2D eigenvalue weighted by atomic mass is 10.0. The Morgan fingerprint density at radius 1 is 1.32 bits per heavy atom. The van der Waals surface area contributed by atoms with Crippen molar-refractivity contribution < 1.29 is 4.74 Å². The van der Waals surface area contributed by atoms with Crippen molar-refractivity contribution in [1.82, 2.24) is 9.78 Å². The Balaban J connectivity index is 2.48. The molecule has 4 nitrogen and oxygen atoms in total. The van der Waals surface area contributed by atoms with Crippen molar-refractivity contribution in [1.29, 1.82) is 0 Å². The highest BCUT2D eigenvalue weighted by Crippen LogP contribution is 2.29. The van der Waals surface area contributed by atoms with Crippen LogP contribution in [0.25, 0.3) is 11.3 Å².